The third kappa shape index (κ3) is 5.46. The van der Waals surface area contributed by atoms with Crippen molar-refractivity contribution < 1.29 is 14.6 Å². The molecule has 1 heterocycles. The van der Waals surface area contributed by atoms with E-state index in [0.717, 1.165) is 32.2 Å². The first-order valence-corrected chi connectivity index (χ1v) is 12.2. The summed E-state index contributed by atoms with van der Waals surface area (Å²) in [5.74, 6) is 0.505. The lowest BCUT2D eigenvalue weighted by Crippen LogP contribution is -2.18. The lowest BCUT2D eigenvalue weighted by Gasteiger charge is -2.26. The molecule has 4 aromatic rings. The number of aliphatic carboxylic acids is 1. The molecule has 0 amide bonds. The summed E-state index contributed by atoms with van der Waals surface area (Å²) in [6, 6.07) is 27.2. The lowest BCUT2D eigenvalue weighted by molar-refractivity contribution is -0.139. The van der Waals surface area contributed by atoms with Crippen LogP contribution in [0.15, 0.2) is 91.3 Å². The van der Waals surface area contributed by atoms with Gasteiger partial charge in [0.1, 0.15) is 5.75 Å². The van der Waals surface area contributed by atoms with Crippen molar-refractivity contribution >= 4 is 5.97 Å². The number of carboxylic acid groups (broad SMARTS) is 1. The molecule has 1 atom stereocenters. The highest BCUT2D eigenvalue weighted by molar-refractivity contribution is 5.68. The molecule has 3 aromatic carbocycles. The highest BCUT2D eigenvalue weighted by atomic mass is 16.5. The summed E-state index contributed by atoms with van der Waals surface area (Å²) >= 11 is 0. The van der Waals surface area contributed by atoms with Crippen LogP contribution in [0.5, 0.6) is 5.75 Å². The van der Waals surface area contributed by atoms with Crippen LogP contribution >= 0.6 is 0 Å². The van der Waals surface area contributed by atoms with Gasteiger partial charge in [-0.3, -0.25) is 4.68 Å². The van der Waals surface area contributed by atoms with Gasteiger partial charge >= 0.3 is 5.97 Å². The third-order valence-electron chi connectivity index (χ3n) is 6.91. The zero-order chi connectivity index (χ0) is 24.0. The van der Waals surface area contributed by atoms with E-state index in [4.69, 9.17) is 14.9 Å². The Morgan fingerprint density at radius 2 is 1.69 bits per heavy atom. The van der Waals surface area contributed by atoms with Gasteiger partial charge in [-0.05, 0) is 59.9 Å². The van der Waals surface area contributed by atoms with Crippen molar-refractivity contribution in [3.63, 3.8) is 0 Å². The van der Waals surface area contributed by atoms with Crippen molar-refractivity contribution in [1.82, 2.24) is 9.78 Å². The van der Waals surface area contributed by atoms with E-state index in [-0.39, 0.29) is 12.5 Å². The summed E-state index contributed by atoms with van der Waals surface area (Å²) in [5.41, 5.74) is 6.18. The van der Waals surface area contributed by atoms with Gasteiger partial charge in [0.2, 0.25) is 0 Å². The molecule has 1 aliphatic carbocycles. The van der Waals surface area contributed by atoms with Gasteiger partial charge in [-0.1, -0.05) is 72.8 Å². The normalized spacial score (nSPS) is 15.1. The number of rotatable bonds is 9. The first kappa shape index (κ1) is 22.9. The molecule has 0 aliphatic heterocycles. The van der Waals surface area contributed by atoms with Gasteiger partial charge in [0.15, 0.2) is 6.61 Å². The number of aryl methyl sites for hydroxylation is 1. The van der Waals surface area contributed by atoms with Crippen LogP contribution in [0.4, 0.5) is 0 Å². The Balaban J connectivity index is 1.26. The quantitative estimate of drug-likeness (QED) is 0.343. The third-order valence-corrected chi connectivity index (χ3v) is 6.91. The summed E-state index contributed by atoms with van der Waals surface area (Å²) < 4.78 is 7.59. The van der Waals surface area contributed by atoms with Crippen molar-refractivity contribution in [1.29, 1.82) is 0 Å². The summed E-state index contributed by atoms with van der Waals surface area (Å²) in [5, 5.41) is 13.6. The number of hydrogen-bond acceptors (Lipinski definition) is 3. The molecule has 0 spiro atoms. The highest BCUT2D eigenvalue weighted by Gasteiger charge is 2.22. The van der Waals surface area contributed by atoms with Crippen molar-refractivity contribution in [3.05, 3.63) is 119 Å². The number of carbonyl (C=O) groups is 1. The molecule has 0 radical (unpaired) electrons. The first-order valence-electron chi connectivity index (χ1n) is 12.2. The molecular formula is C30H30N2O3. The van der Waals surface area contributed by atoms with Crippen LogP contribution < -0.4 is 4.74 Å². The molecule has 5 nitrogen and oxygen atoms in total. The van der Waals surface area contributed by atoms with Crippen molar-refractivity contribution in [2.75, 3.05) is 6.61 Å². The number of fused-ring (bicyclic) bond motifs is 1. The van der Waals surface area contributed by atoms with Crippen LogP contribution in [0.3, 0.4) is 0 Å². The fourth-order valence-corrected chi connectivity index (χ4v) is 5.20. The van der Waals surface area contributed by atoms with Crippen LogP contribution in [-0.2, 0) is 24.2 Å². The maximum Gasteiger partial charge on any atom is 0.341 e. The predicted molar refractivity (Wildman–Crippen MR) is 136 cm³/mol. The van der Waals surface area contributed by atoms with Crippen LogP contribution in [0.1, 0.15) is 46.6 Å². The van der Waals surface area contributed by atoms with Crippen LogP contribution in [0.2, 0.25) is 0 Å². The minimum Gasteiger partial charge on any atom is -0.482 e. The number of benzene rings is 3. The van der Waals surface area contributed by atoms with Crippen molar-refractivity contribution in [2.24, 2.45) is 5.92 Å². The van der Waals surface area contributed by atoms with Crippen molar-refractivity contribution in [3.8, 4) is 5.75 Å². The second kappa shape index (κ2) is 10.6. The van der Waals surface area contributed by atoms with Crippen molar-refractivity contribution in [2.45, 2.75) is 38.1 Å². The Morgan fingerprint density at radius 1 is 0.971 bits per heavy atom. The maximum atomic E-state index is 10.9. The zero-order valence-corrected chi connectivity index (χ0v) is 19.7. The van der Waals surface area contributed by atoms with E-state index in [9.17, 15) is 4.79 Å². The second-order valence-corrected chi connectivity index (χ2v) is 9.26. The maximum absolute atomic E-state index is 10.9. The summed E-state index contributed by atoms with van der Waals surface area (Å²) in [6.45, 7) is 0.583. The molecule has 0 saturated carbocycles. The van der Waals surface area contributed by atoms with Gasteiger partial charge in [-0.2, -0.15) is 5.10 Å². The second-order valence-electron chi connectivity index (χ2n) is 9.26. The average molecular weight is 467 g/mol. The van der Waals surface area contributed by atoms with E-state index in [0.29, 0.717) is 11.7 Å². The van der Waals surface area contributed by atoms with Gasteiger partial charge in [-0.25, -0.2) is 4.79 Å². The predicted octanol–water partition coefficient (Wildman–Crippen LogP) is 5.72. The fraction of sp³-hybridized carbons (Fsp3) is 0.267. The Bertz CT molecular complexity index is 1230. The van der Waals surface area contributed by atoms with E-state index in [1.165, 1.54) is 27.8 Å². The molecule has 1 unspecified atom stereocenters. The highest BCUT2D eigenvalue weighted by Crippen LogP contribution is 2.34. The fourth-order valence-electron chi connectivity index (χ4n) is 5.20. The Hall–Kier alpha value is -3.86. The largest absolute Gasteiger partial charge is 0.482 e. The van der Waals surface area contributed by atoms with E-state index >= 15 is 0 Å². The topological polar surface area (TPSA) is 64.3 Å². The number of carboxylic acids is 1. The van der Waals surface area contributed by atoms with Crippen LogP contribution in [-0.4, -0.2) is 27.5 Å². The van der Waals surface area contributed by atoms with Gasteiger partial charge < -0.3 is 9.84 Å². The molecule has 0 fully saturated rings. The minimum atomic E-state index is -0.948. The van der Waals surface area contributed by atoms with E-state index in [2.05, 4.69) is 77.6 Å². The summed E-state index contributed by atoms with van der Waals surface area (Å²) in [7, 11) is 0. The molecule has 5 rings (SSSR count). The summed E-state index contributed by atoms with van der Waals surface area (Å²) in [6.07, 6.45) is 8.24. The van der Waals surface area contributed by atoms with Gasteiger partial charge in [0.25, 0.3) is 0 Å². The number of nitrogens with zero attached hydrogens (tertiary/aromatic N) is 2. The average Bonchev–Trinajstić information content (AvgIpc) is 3.36. The first-order chi connectivity index (χ1) is 17.2. The van der Waals surface area contributed by atoms with E-state index < -0.39 is 5.97 Å². The molecule has 1 aromatic heterocycles. The molecule has 1 aliphatic rings. The SMILES string of the molecule is O=C(O)COc1cccc2c1CCC(CCn1cc(C(c3ccccc3)c3ccccc3)cn1)C2. The molecule has 1 N–H and O–H groups in total. The Kier molecular flexibility index (Phi) is 6.94. The van der Waals surface area contributed by atoms with Gasteiger partial charge in [0.05, 0.1) is 6.20 Å². The van der Waals surface area contributed by atoms with E-state index in [1.807, 2.05) is 18.3 Å². The smallest absolute Gasteiger partial charge is 0.341 e. The number of aromatic nitrogens is 2. The standard InChI is InChI=1S/C30H30N2O3/c33-29(34)21-35-28-13-7-12-25-18-22(14-15-27(25)28)16-17-32-20-26(19-31-32)30(23-8-3-1-4-9-23)24-10-5-2-6-11-24/h1-13,19-20,22,30H,14-18,21H2,(H,33,34). The van der Waals surface area contributed by atoms with Gasteiger partial charge in [0, 0.05) is 24.2 Å². The number of ether oxygens (including phenoxy) is 1. The Morgan fingerprint density at radius 3 is 2.37 bits per heavy atom. The monoisotopic (exact) mass is 466 g/mol. The molecule has 0 bridgehead atoms. The van der Waals surface area contributed by atoms with E-state index in [1.54, 1.807) is 0 Å². The van der Waals surface area contributed by atoms with Crippen LogP contribution in [0.25, 0.3) is 0 Å². The Labute approximate surface area is 206 Å². The molecule has 35 heavy (non-hydrogen) atoms. The zero-order valence-electron chi connectivity index (χ0n) is 19.7. The molecule has 178 valence electrons. The molecule has 0 saturated heterocycles. The van der Waals surface area contributed by atoms with Gasteiger partial charge in [-0.15, -0.1) is 0 Å². The molecule has 5 heteroatoms. The van der Waals surface area contributed by atoms with Crippen LogP contribution in [0, 0.1) is 5.92 Å². The molecular weight excluding hydrogens is 436 g/mol. The minimum absolute atomic E-state index is 0.164. The number of hydrogen-bond donors (Lipinski definition) is 1. The summed E-state index contributed by atoms with van der Waals surface area (Å²) in [4.78, 5) is 10.9. The lowest BCUT2D eigenvalue weighted by atomic mass is 9.82.